The van der Waals surface area contributed by atoms with Gasteiger partial charge in [0, 0.05) is 28.5 Å². The fourth-order valence-electron chi connectivity index (χ4n) is 3.10. The second kappa shape index (κ2) is 6.08. The van der Waals surface area contributed by atoms with Gasteiger partial charge in [-0.3, -0.25) is 9.59 Å². The van der Waals surface area contributed by atoms with E-state index in [9.17, 15) is 9.59 Å². The number of piperidine rings is 1. The van der Waals surface area contributed by atoms with Crippen LogP contribution in [0.25, 0.3) is 0 Å². The van der Waals surface area contributed by atoms with Crippen LogP contribution in [0.1, 0.15) is 25.7 Å². The molecule has 2 aliphatic heterocycles. The molecule has 0 saturated carbocycles. The van der Waals surface area contributed by atoms with Crippen LogP contribution in [0.5, 0.6) is 0 Å². The number of anilines is 1. The largest absolute Gasteiger partial charge is 0.331 e. The predicted molar refractivity (Wildman–Crippen MR) is 88.2 cm³/mol. The van der Waals surface area contributed by atoms with E-state index >= 15 is 0 Å². The Kier molecular flexibility index (Phi) is 4.36. The first-order valence-corrected chi connectivity index (χ1v) is 8.73. The summed E-state index contributed by atoms with van der Waals surface area (Å²) in [6.45, 7) is 1.14. The van der Waals surface area contributed by atoms with Crippen molar-refractivity contribution in [1.29, 1.82) is 0 Å². The first kappa shape index (κ1) is 15.0. The average molecular weight is 416 g/mol. The molecule has 2 aliphatic rings. The summed E-state index contributed by atoms with van der Waals surface area (Å²) in [7, 11) is 0. The van der Waals surface area contributed by atoms with Crippen molar-refractivity contribution < 1.29 is 9.59 Å². The lowest BCUT2D eigenvalue weighted by Crippen LogP contribution is -2.50. The zero-order chi connectivity index (χ0) is 15.0. The van der Waals surface area contributed by atoms with Crippen LogP contribution in [0.2, 0.25) is 0 Å². The summed E-state index contributed by atoms with van der Waals surface area (Å²) in [5, 5.41) is 0. The van der Waals surface area contributed by atoms with E-state index in [2.05, 4.69) is 31.9 Å². The molecule has 3 rings (SSSR count). The minimum Gasteiger partial charge on any atom is -0.331 e. The van der Waals surface area contributed by atoms with Crippen LogP contribution in [0.15, 0.2) is 27.1 Å². The number of nitrogens with zero attached hydrogens (tertiary/aromatic N) is 2. The Bertz CT molecular complexity index is 571. The number of benzene rings is 1. The van der Waals surface area contributed by atoms with Gasteiger partial charge in [0.2, 0.25) is 11.8 Å². The van der Waals surface area contributed by atoms with Gasteiger partial charge < -0.3 is 9.80 Å². The maximum Gasteiger partial charge on any atom is 0.249 e. The maximum atomic E-state index is 12.9. The molecule has 0 aliphatic carbocycles. The molecule has 2 fully saturated rings. The standard InChI is InChI=1S/C15H16Br2N2O2/c16-10-4-3-5-11(17)14(10)19-9-7-13(20)18-8-2-1-6-12(18)15(19)21/h3-5,12H,1-2,6-9H2. The highest BCUT2D eigenvalue weighted by atomic mass is 79.9. The molecule has 2 amide bonds. The second-order valence-corrected chi connectivity index (χ2v) is 7.12. The van der Waals surface area contributed by atoms with Crippen molar-refractivity contribution in [2.75, 3.05) is 18.0 Å². The monoisotopic (exact) mass is 414 g/mol. The summed E-state index contributed by atoms with van der Waals surface area (Å²) in [4.78, 5) is 28.7. The highest BCUT2D eigenvalue weighted by Gasteiger charge is 2.38. The predicted octanol–water partition coefficient (Wildman–Crippen LogP) is 3.33. The second-order valence-electron chi connectivity index (χ2n) is 5.41. The first-order chi connectivity index (χ1) is 10.1. The SMILES string of the molecule is O=C1C2CCCCN2C(=O)CCN1c1c(Br)cccc1Br. The normalized spacial score (nSPS) is 23.0. The van der Waals surface area contributed by atoms with E-state index in [1.54, 1.807) is 9.80 Å². The molecule has 2 saturated heterocycles. The Morgan fingerprint density at radius 3 is 2.48 bits per heavy atom. The maximum absolute atomic E-state index is 12.9. The van der Waals surface area contributed by atoms with E-state index < -0.39 is 0 Å². The summed E-state index contributed by atoms with van der Waals surface area (Å²) in [6, 6.07) is 5.45. The molecular weight excluding hydrogens is 400 g/mol. The van der Waals surface area contributed by atoms with E-state index in [1.165, 1.54) is 0 Å². The Labute approximate surface area is 140 Å². The van der Waals surface area contributed by atoms with E-state index in [1.807, 2.05) is 18.2 Å². The van der Waals surface area contributed by atoms with Crippen molar-refractivity contribution in [2.45, 2.75) is 31.7 Å². The lowest BCUT2D eigenvalue weighted by molar-refractivity contribution is -0.139. The van der Waals surface area contributed by atoms with E-state index in [0.29, 0.717) is 19.5 Å². The van der Waals surface area contributed by atoms with Gasteiger partial charge in [-0.15, -0.1) is 0 Å². The number of carbonyl (C=O) groups excluding carboxylic acids is 2. The molecule has 2 heterocycles. The quantitative estimate of drug-likeness (QED) is 0.705. The molecule has 1 atom stereocenters. The lowest BCUT2D eigenvalue weighted by atomic mass is 10.0. The fraction of sp³-hybridized carbons (Fsp3) is 0.467. The number of halogens is 2. The van der Waals surface area contributed by atoms with Gasteiger partial charge in [0.1, 0.15) is 6.04 Å². The van der Waals surface area contributed by atoms with E-state index in [4.69, 9.17) is 0 Å². The Morgan fingerprint density at radius 1 is 1.05 bits per heavy atom. The summed E-state index contributed by atoms with van der Waals surface area (Å²) in [5.41, 5.74) is 0.822. The summed E-state index contributed by atoms with van der Waals surface area (Å²) < 4.78 is 1.73. The molecule has 4 nitrogen and oxygen atoms in total. The van der Waals surface area contributed by atoms with Crippen molar-refractivity contribution in [3.05, 3.63) is 27.1 Å². The van der Waals surface area contributed by atoms with Gasteiger partial charge in [0.15, 0.2) is 0 Å². The zero-order valence-corrected chi connectivity index (χ0v) is 14.7. The van der Waals surface area contributed by atoms with Crippen molar-refractivity contribution in [1.82, 2.24) is 4.90 Å². The van der Waals surface area contributed by atoms with E-state index in [-0.39, 0.29) is 17.9 Å². The van der Waals surface area contributed by atoms with Gasteiger partial charge >= 0.3 is 0 Å². The van der Waals surface area contributed by atoms with Crippen LogP contribution in [-0.4, -0.2) is 35.8 Å². The summed E-state index contributed by atoms with van der Waals surface area (Å²) in [5.74, 6) is 0.131. The number of hydrogen-bond acceptors (Lipinski definition) is 2. The topological polar surface area (TPSA) is 40.6 Å². The fourth-order valence-corrected chi connectivity index (χ4v) is 4.52. The van der Waals surface area contributed by atoms with Crippen molar-refractivity contribution in [3.8, 4) is 0 Å². The summed E-state index contributed by atoms with van der Waals surface area (Å²) in [6.07, 6.45) is 3.15. The average Bonchev–Trinajstić information content (AvgIpc) is 2.60. The first-order valence-electron chi connectivity index (χ1n) is 7.14. The molecular formula is C15H16Br2N2O2. The number of carbonyl (C=O) groups is 2. The van der Waals surface area contributed by atoms with E-state index in [0.717, 1.165) is 33.9 Å². The minimum absolute atomic E-state index is 0.0353. The zero-order valence-electron chi connectivity index (χ0n) is 11.5. The Hall–Kier alpha value is -0.880. The third-order valence-electron chi connectivity index (χ3n) is 4.13. The molecule has 6 heteroatoms. The molecule has 1 aromatic rings. The molecule has 21 heavy (non-hydrogen) atoms. The smallest absolute Gasteiger partial charge is 0.249 e. The molecule has 1 aromatic carbocycles. The number of hydrogen-bond donors (Lipinski definition) is 0. The van der Waals surface area contributed by atoms with Crippen LogP contribution >= 0.6 is 31.9 Å². The van der Waals surface area contributed by atoms with Crippen LogP contribution in [-0.2, 0) is 9.59 Å². The molecule has 0 radical (unpaired) electrons. The number of amides is 2. The number of para-hydroxylation sites is 1. The van der Waals surface area contributed by atoms with Crippen LogP contribution < -0.4 is 4.90 Å². The van der Waals surface area contributed by atoms with Gasteiger partial charge in [-0.2, -0.15) is 0 Å². The third kappa shape index (κ3) is 2.75. The molecule has 0 bridgehead atoms. The van der Waals surface area contributed by atoms with Gasteiger partial charge in [-0.25, -0.2) is 0 Å². The van der Waals surface area contributed by atoms with Gasteiger partial charge in [-0.05, 0) is 63.3 Å². The van der Waals surface area contributed by atoms with Gasteiger partial charge in [0.25, 0.3) is 0 Å². The van der Waals surface area contributed by atoms with Crippen LogP contribution in [0.3, 0.4) is 0 Å². The van der Waals surface area contributed by atoms with Gasteiger partial charge in [-0.1, -0.05) is 6.07 Å². The van der Waals surface area contributed by atoms with Crippen LogP contribution in [0.4, 0.5) is 5.69 Å². The molecule has 0 spiro atoms. The van der Waals surface area contributed by atoms with Gasteiger partial charge in [0.05, 0.1) is 5.69 Å². The lowest BCUT2D eigenvalue weighted by Gasteiger charge is -2.34. The Balaban J connectivity index is 2.00. The highest BCUT2D eigenvalue weighted by Crippen LogP contribution is 2.36. The van der Waals surface area contributed by atoms with Crippen molar-refractivity contribution in [2.24, 2.45) is 0 Å². The molecule has 0 aromatic heterocycles. The molecule has 1 unspecified atom stereocenters. The van der Waals surface area contributed by atoms with Crippen molar-refractivity contribution >= 4 is 49.4 Å². The highest BCUT2D eigenvalue weighted by molar-refractivity contribution is 9.11. The number of fused-ring (bicyclic) bond motifs is 1. The van der Waals surface area contributed by atoms with Crippen LogP contribution in [0, 0.1) is 0 Å². The number of rotatable bonds is 1. The summed E-state index contributed by atoms with van der Waals surface area (Å²) >= 11 is 7.03. The molecule has 0 N–H and O–H groups in total. The third-order valence-corrected chi connectivity index (χ3v) is 5.41. The van der Waals surface area contributed by atoms with Crippen molar-refractivity contribution in [3.63, 3.8) is 0 Å². The Morgan fingerprint density at radius 2 is 1.76 bits per heavy atom. The minimum atomic E-state index is -0.298. The molecule has 112 valence electrons.